The number of amides is 2. The van der Waals surface area contributed by atoms with Crippen LogP contribution >= 0.6 is 0 Å². The van der Waals surface area contributed by atoms with Crippen LogP contribution in [0.25, 0.3) is 0 Å². The monoisotopic (exact) mass is 388 g/mol. The molecule has 3 aromatic carbocycles. The number of aryl methyl sites for hydroxylation is 1. The number of ether oxygens (including phenoxy) is 2. The second-order valence-electron chi connectivity index (χ2n) is 6.60. The summed E-state index contributed by atoms with van der Waals surface area (Å²) in [5, 5.41) is 5.67. The van der Waals surface area contributed by atoms with E-state index in [4.69, 9.17) is 9.47 Å². The van der Waals surface area contributed by atoms with Gasteiger partial charge in [0.2, 0.25) is 6.79 Å². The van der Waals surface area contributed by atoms with Crippen molar-refractivity contribution in [2.24, 2.45) is 0 Å². The van der Waals surface area contributed by atoms with Crippen LogP contribution < -0.4 is 20.1 Å². The van der Waals surface area contributed by atoms with Gasteiger partial charge >= 0.3 is 0 Å². The topological polar surface area (TPSA) is 76.7 Å². The Labute approximate surface area is 168 Å². The maximum atomic E-state index is 12.5. The molecule has 0 aromatic heterocycles. The molecule has 1 aliphatic heterocycles. The van der Waals surface area contributed by atoms with Crippen LogP contribution in [0.5, 0.6) is 11.5 Å². The van der Waals surface area contributed by atoms with E-state index in [-0.39, 0.29) is 18.6 Å². The molecule has 3 aromatic rings. The summed E-state index contributed by atoms with van der Waals surface area (Å²) >= 11 is 0. The smallest absolute Gasteiger partial charge is 0.255 e. The molecular weight excluding hydrogens is 368 g/mol. The van der Waals surface area contributed by atoms with Gasteiger partial charge in [-0.3, -0.25) is 9.59 Å². The highest BCUT2D eigenvalue weighted by Crippen LogP contribution is 2.34. The van der Waals surface area contributed by atoms with Gasteiger partial charge in [0, 0.05) is 28.6 Å². The van der Waals surface area contributed by atoms with E-state index in [0.29, 0.717) is 28.3 Å². The van der Waals surface area contributed by atoms with Crippen molar-refractivity contribution in [1.82, 2.24) is 0 Å². The van der Waals surface area contributed by atoms with Gasteiger partial charge in [-0.2, -0.15) is 0 Å². The fourth-order valence-electron chi connectivity index (χ4n) is 2.98. The zero-order chi connectivity index (χ0) is 20.2. The number of hydrogen-bond acceptors (Lipinski definition) is 4. The maximum absolute atomic E-state index is 12.5. The molecule has 146 valence electrons. The molecule has 0 saturated heterocycles. The number of carbonyl (C=O) groups excluding carboxylic acids is 2. The molecule has 2 N–H and O–H groups in total. The lowest BCUT2D eigenvalue weighted by molar-refractivity contribution is 0.101. The van der Waals surface area contributed by atoms with E-state index >= 15 is 0 Å². The summed E-state index contributed by atoms with van der Waals surface area (Å²) in [6, 6.07) is 19.4. The minimum absolute atomic E-state index is 0.180. The summed E-state index contributed by atoms with van der Waals surface area (Å²) in [5.74, 6) is 0.757. The summed E-state index contributed by atoms with van der Waals surface area (Å²) in [4.78, 5) is 24.9. The number of carbonyl (C=O) groups is 2. The first-order valence-electron chi connectivity index (χ1n) is 9.34. The Hall–Kier alpha value is -3.80. The van der Waals surface area contributed by atoms with Gasteiger partial charge in [-0.1, -0.05) is 19.1 Å². The normalized spacial score (nSPS) is 11.8. The van der Waals surface area contributed by atoms with Crippen molar-refractivity contribution in [3.63, 3.8) is 0 Å². The molecule has 1 heterocycles. The van der Waals surface area contributed by atoms with Crippen LogP contribution in [-0.2, 0) is 6.42 Å². The van der Waals surface area contributed by atoms with Crippen LogP contribution in [0.2, 0.25) is 0 Å². The summed E-state index contributed by atoms with van der Waals surface area (Å²) in [7, 11) is 0. The van der Waals surface area contributed by atoms with Crippen molar-refractivity contribution >= 4 is 23.2 Å². The Morgan fingerprint density at radius 1 is 0.759 bits per heavy atom. The SMILES string of the molecule is CCc1ccc(NC(=O)c2ccc(C(=O)Nc3ccc4c(c3)OCO4)cc2)cc1. The first-order valence-corrected chi connectivity index (χ1v) is 9.34. The van der Waals surface area contributed by atoms with E-state index in [9.17, 15) is 9.59 Å². The van der Waals surface area contributed by atoms with Crippen LogP contribution in [0, 0.1) is 0 Å². The lowest BCUT2D eigenvalue weighted by Gasteiger charge is -2.08. The minimum atomic E-state index is -0.272. The van der Waals surface area contributed by atoms with Crippen molar-refractivity contribution in [2.75, 3.05) is 17.4 Å². The molecular formula is C23H20N2O4. The Balaban J connectivity index is 1.40. The highest BCUT2D eigenvalue weighted by molar-refractivity contribution is 6.07. The molecule has 0 fully saturated rings. The average molecular weight is 388 g/mol. The summed E-state index contributed by atoms with van der Waals surface area (Å²) in [5.41, 5.74) is 3.48. The summed E-state index contributed by atoms with van der Waals surface area (Å²) < 4.78 is 10.6. The molecule has 0 aliphatic carbocycles. The Kier molecular flexibility index (Phi) is 5.16. The lowest BCUT2D eigenvalue weighted by atomic mass is 10.1. The number of anilines is 2. The van der Waals surface area contributed by atoms with Crippen molar-refractivity contribution < 1.29 is 19.1 Å². The Morgan fingerprint density at radius 3 is 1.93 bits per heavy atom. The zero-order valence-corrected chi connectivity index (χ0v) is 15.9. The Morgan fingerprint density at radius 2 is 1.31 bits per heavy atom. The average Bonchev–Trinajstić information content (AvgIpc) is 3.22. The number of benzene rings is 3. The number of nitrogens with one attached hydrogen (secondary N) is 2. The first-order chi connectivity index (χ1) is 14.1. The molecule has 0 saturated carbocycles. The molecule has 0 spiro atoms. The van der Waals surface area contributed by atoms with Gasteiger partial charge < -0.3 is 20.1 Å². The number of fused-ring (bicyclic) bond motifs is 1. The molecule has 6 nitrogen and oxygen atoms in total. The van der Waals surface area contributed by atoms with E-state index in [1.165, 1.54) is 5.56 Å². The van der Waals surface area contributed by atoms with Gasteiger partial charge in [-0.15, -0.1) is 0 Å². The fourth-order valence-corrected chi connectivity index (χ4v) is 2.98. The van der Waals surface area contributed by atoms with Crippen LogP contribution in [0.15, 0.2) is 66.7 Å². The molecule has 0 unspecified atom stereocenters. The number of rotatable bonds is 5. The highest BCUT2D eigenvalue weighted by Gasteiger charge is 2.15. The van der Waals surface area contributed by atoms with Gasteiger partial charge in [0.1, 0.15) is 0 Å². The van der Waals surface area contributed by atoms with Crippen LogP contribution in [0.3, 0.4) is 0 Å². The number of hydrogen-bond donors (Lipinski definition) is 2. The van der Waals surface area contributed by atoms with E-state index < -0.39 is 0 Å². The fraction of sp³-hybridized carbons (Fsp3) is 0.130. The van der Waals surface area contributed by atoms with Gasteiger partial charge in [0.25, 0.3) is 11.8 Å². The first kappa shape index (κ1) is 18.6. The zero-order valence-electron chi connectivity index (χ0n) is 15.9. The third-order valence-electron chi connectivity index (χ3n) is 4.66. The summed E-state index contributed by atoms with van der Waals surface area (Å²) in [6.45, 7) is 2.26. The Bertz CT molecular complexity index is 1040. The lowest BCUT2D eigenvalue weighted by Crippen LogP contribution is -2.14. The third-order valence-corrected chi connectivity index (χ3v) is 4.66. The molecule has 29 heavy (non-hydrogen) atoms. The minimum Gasteiger partial charge on any atom is -0.454 e. The molecule has 0 bridgehead atoms. The molecule has 2 amide bonds. The van der Waals surface area contributed by atoms with Gasteiger partial charge in [-0.25, -0.2) is 0 Å². The quantitative estimate of drug-likeness (QED) is 0.676. The molecule has 0 radical (unpaired) electrons. The molecule has 4 rings (SSSR count). The van der Waals surface area contributed by atoms with Crippen LogP contribution in [0.1, 0.15) is 33.2 Å². The maximum Gasteiger partial charge on any atom is 0.255 e. The van der Waals surface area contributed by atoms with Crippen LogP contribution in [-0.4, -0.2) is 18.6 Å². The van der Waals surface area contributed by atoms with E-state index in [1.807, 2.05) is 24.3 Å². The van der Waals surface area contributed by atoms with E-state index in [1.54, 1.807) is 42.5 Å². The largest absolute Gasteiger partial charge is 0.454 e. The highest BCUT2D eigenvalue weighted by atomic mass is 16.7. The van der Waals surface area contributed by atoms with Crippen molar-refractivity contribution in [2.45, 2.75) is 13.3 Å². The van der Waals surface area contributed by atoms with E-state index in [0.717, 1.165) is 12.1 Å². The predicted molar refractivity (Wildman–Crippen MR) is 111 cm³/mol. The van der Waals surface area contributed by atoms with Gasteiger partial charge in [-0.05, 0) is 60.5 Å². The molecule has 6 heteroatoms. The third kappa shape index (κ3) is 4.21. The standard InChI is InChI=1S/C23H20N2O4/c1-2-15-3-9-18(10-4-15)24-22(26)16-5-7-17(8-6-16)23(27)25-19-11-12-20-21(13-19)29-14-28-20/h3-13H,2,14H2,1H3,(H,24,26)(H,25,27). The van der Waals surface area contributed by atoms with E-state index in [2.05, 4.69) is 17.6 Å². The summed E-state index contributed by atoms with van der Waals surface area (Å²) in [6.07, 6.45) is 0.948. The van der Waals surface area contributed by atoms with Gasteiger partial charge in [0.15, 0.2) is 11.5 Å². The molecule has 1 aliphatic rings. The van der Waals surface area contributed by atoms with Crippen LogP contribution in [0.4, 0.5) is 11.4 Å². The second-order valence-corrected chi connectivity index (χ2v) is 6.60. The van der Waals surface area contributed by atoms with Crippen molar-refractivity contribution in [3.8, 4) is 11.5 Å². The molecule has 0 atom stereocenters. The predicted octanol–water partition coefficient (Wildman–Crippen LogP) is 4.48. The van der Waals surface area contributed by atoms with Crippen molar-refractivity contribution in [3.05, 3.63) is 83.4 Å². The van der Waals surface area contributed by atoms with Gasteiger partial charge in [0.05, 0.1) is 0 Å². The second kappa shape index (κ2) is 8.06. The van der Waals surface area contributed by atoms with Crippen molar-refractivity contribution in [1.29, 1.82) is 0 Å².